The van der Waals surface area contributed by atoms with Crippen LogP contribution in [0, 0.1) is 0 Å². The van der Waals surface area contributed by atoms with Crippen LogP contribution in [0.5, 0.6) is 0 Å². The molecular weight excluding hydrogens is 372 g/mol. The molecule has 0 aliphatic heterocycles. The van der Waals surface area contributed by atoms with Crippen molar-refractivity contribution in [3.8, 4) is 0 Å². The standard InChI is InChI=1S/C23H44O4S/c1-2-3-4-5-6-7-8-9-10-11-14-19-27-23(26)18-13-16-21-28-20-15-12-17-22(24)25/h2-21H2,1H3,(H,24,25). The van der Waals surface area contributed by atoms with Crippen LogP contribution in [0.15, 0.2) is 0 Å². The van der Waals surface area contributed by atoms with E-state index < -0.39 is 5.97 Å². The Labute approximate surface area is 177 Å². The first-order valence-electron chi connectivity index (χ1n) is 11.6. The Kier molecular flexibility index (Phi) is 22.0. The molecule has 0 aliphatic carbocycles. The van der Waals surface area contributed by atoms with Gasteiger partial charge in [-0.2, -0.15) is 11.8 Å². The number of unbranched alkanes of at least 4 members (excludes halogenated alkanes) is 12. The first-order chi connectivity index (χ1) is 13.7. The Morgan fingerprint density at radius 3 is 1.71 bits per heavy atom. The largest absolute Gasteiger partial charge is 0.481 e. The molecule has 28 heavy (non-hydrogen) atoms. The maximum absolute atomic E-state index is 11.7. The third-order valence-electron chi connectivity index (χ3n) is 4.86. The number of rotatable bonds is 22. The molecule has 0 radical (unpaired) electrons. The van der Waals surface area contributed by atoms with Crippen LogP contribution in [0.2, 0.25) is 0 Å². The topological polar surface area (TPSA) is 63.6 Å². The molecule has 0 unspecified atom stereocenters. The van der Waals surface area contributed by atoms with Gasteiger partial charge in [-0.25, -0.2) is 0 Å². The van der Waals surface area contributed by atoms with Crippen molar-refractivity contribution < 1.29 is 19.4 Å². The fourth-order valence-corrected chi connectivity index (χ4v) is 4.10. The normalized spacial score (nSPS) is 10.9. The average Bonchev–Trinajstić information content (AvgIpc) is 2.67. The minimum absolute atomic E-state index is 0.0569. The van der Waals surface area contributed by atoms with Gasteiger partial charge in [0.15, 0.2) is 0 Å². The quantitative estimate of drug-likeness (QED) is 0.152. The molecule has 0 aromatic rings. The highest BCUT2D eigenvalue weighted by Crippen LogP contribution is 2.12. The van der Waals surface area contributed by atoms with Crippen LogP contribution in [-0.4, -0.2) is 35.2 Å². The number of esters is 1. The lowest BCUT2D eigenvalue weighted by molar-refractivity contribution is -0.144. The number of ether oxygens (including phenoxy) is 1. The number of aliphatic carboxylic acids is 1. The molecule has 0 atom stereocenters. The van der Waals surface area contributed by atoms with Crippen molar-refractivity contribution in [1.29, 1.82) is 0 Å². The summed E-state index contributed by atoms with van der Waals surface area (Å²) < 4.78 is 5.31. The molecule has 0 spiro atoms. The highest BCUT2D eigenvalue weighted by molar-refractivity contribution is 7.99. The summed E-state index contributed by atoms with van der Waals surface area (Å²) in [5.74, 6) is 1.28. The first-order valence-corrected chi connectivity index (χ1v) is 12.8. The summed E-state index contributed by atoms with van der Waals surface area (Å²) in [6.45, 7) is 2.84. The summed E-state index contributed by atoms with van der Waals surface area (Å²) in [6, 6.07) is 0. The van der Waals surface area contributed by atoms with E-state index in [4.69, 9.17) is 9.84 Å². The van der Waals surface area contributed by atoms with Crippen LogP contribution in [0.1, 0.15) is 116 Å². The molecule has 0 aromatic carbocycles. The summed E-state index contributed by atoms with van der Waals surface area (Å²) in [6.07, 6.45) is 18.8. The van der Waals surface area contributed by atoms with Crippen LogP contribution in [0.4, 0.5) is 0 Å². The number of carboxylic acid groups (broad SMARTS) is 1. The van der Waals surface area contributed by atoms with Crippen LogP contribution < -0.4 is 0 Å². The molecule has 4 nitrogen and oxygen atoms in total. The predicted octanol–water partition coefficient (Wildman–Crippen LogP) is 7.00. The maximum atomic E-state index is 11.7. The van der Waals surface area contributed by atoms with Gasteiger partial charge in [0.1, 0.15) is 0 Å². The van der Waals surface area contributed by atoms with Crippen molar-refractivity contribution in [3.05, 3.63) is 0 Å². The molecule has 0 fully saturated rings. The molecule has 0 saturated carbocycles. The van der Waals surface area contributed by atoms with E-state index in [-0.39, 0.29) is 12.4 Å². The fraction of sp³-hybridized carbons (Fsp3) is 0.913. The van der Waals surface area contributed by atoms with Gasteiger partial charge in [-0.05, 0) is 43.6 Å². The zero-order valence-corrected chi connectivity index (χ0v) is 19.0. The van der Waals surface area contributed by atoms with E-state index in [1.54, 1.807) is 0 Å². The molecule has 0 amide bonds. The Balaban J connectivity index is 3.16. The van der Waals surface area contributed by atoms with Crippen molar-refractivity contribution in [3.63, 3.8) is 0 Å². The Morgan fingerprint density at radius 1 is 0.679 bits per heavy atom. The van der Waals surface area contributed by atoms with E-state index >= 15 is 0 Å². The van der Waals surface area contributed by atoms with Gasteiger partial charge in [0, 0.05) is 12.8 Å². The predicted molar refractivity (Wildman–Crippen MR) is 120 cm³/mol. The molecular formula is C23H44O4S. The molecule has 0 heterocycles. The minimum atomic E-state index is -0.711. The van der Waals surface area contributed by atoms with E-state index in [1.165, 1.54) is 64.2 Å². The average molecular weight is 417 g/mol. The van der Waals surface area contributed by atoms with E-state index in [0.717, 1.165) is 43.6 Å². The molecule has 0 rings (SSSR count). The van der Waals surface area contributed by atoms with E-state index in [1.807, 2.05) is 11.8 Å². The van der Waals surface area contributed by atoms with Gasteiger partial charge in [-0.15, -0.1) is 0 Å². The van der Waals surface area contributed by atoms with Crippen molar-refractivity contribution in [2.45, 2.75) is 116 Å². The van der Waals surface area contributed by atoms with Crippen molar-refractivity contribution >= 4 is 23.7 Å². The van der Waals surface area contributed by atoms with Crippen LogP contribution >= 0.6 is 11.8 Å². The minimum Gasteiger partial charge on any atom is -0.481 e. The summed E-state index contributed by atoms with van der Waals surface area (Å²) in [7, 11) is 0. The lowest BCUT2D eigenvalue weighted by Crippen LogP contribution is -2.05. The molecule has 166 valence electrons. The second kappa shape index (κ2) is 22.6. The molecule has 0 aromatic heterocycles. The van der Waals surface area contributed by atoms with Gasteiger partial charge >= 0.3 is 11.9 Å². The monoisotopic (exact) mass is 416 g/mol. The summed E-state index contributed by atoms with van der Waals surface area (Å²) >= 11 is 1.85. The van der Waals surface area contributed by atoms with E-state index in [0.29, 0.717) is 13.0 Å². The van der Waals surface area contributed by atoms with E-state index in [2.05, 4.69) is 6.92 Å². The van der Waals surface area contributed by atoms with Crippen LogP contribution in [0.25, 0.3) is 0 Å². The number of carbonyl (C=O) groups is 2. The van der Waals surface area contributed by atoms with Crippen LogP contribution in [-0.2, 0) is 14.3 Å². The van der Waals surface area contributed by atoms with Gasteiger partial charge in [-0.1, -0.05) is 71.1 Å². The second-order valence-electron chi connectivity index (χ2n) is 7.68. The Morgan fingerprint density at radius 2 is 1.18 bits per heavy atom. The number of hydrogen-bond donors (Lipinski definition) is 1. The smallest absolute Gasteiger partial charge is 0.305 e. The molecule has 5 heteroatoms. The van der Waals surface area contributed by atoms with Crippen molar-refractivity contribution in [2.75, 3.05) is 18.1 Å². The lowest BCUT2D eigenvalue weighted by atomic mass is 10.1. The second-order valence-corrected chi connectivity index (χ2v) is 8.90. The van der Waals surface area contributed by atoms with Gasteiger partial charge in [0.05, 0.1) is 6.61 Å². The van der Waals surface area contributed by atoms with Crippen LogP contribution in [0.3, 0.4) is 0 Å². The zero-order chi connectivity index (χ0) is 20.7. The van der Waals surface area contributed by atoms with Crippen molar-refractivity contribution in [1.82, 2.24) is 0 Å². The molecule has 0 aliphatic rings. The summed E-state index contributed by atoms with van der Waals surface area (Å²) in [4.78, 5) is 22.1. The fourth-order valence-electron chi connectivity index (χ4n) is 3.08. The third-order valence-corrected chi connectivity index (χ3v) is 6.01. The Hall–Kier alpha value is -0.710. The highest BCUT2D eigenvalue weighted by atomic mass is 32.2. The Bertz CT molecular complexity index is 361. The van der Waals surface area contributed by atoms with Gasteiger partial charge in [0.25, 0.3) is 0 Å². The van der Waals surface area contributed by atoms with Crippen molar-refractivity contribution in [2.24, 2.45) is 0 Å². The highest BCUT2D eigenvalue weighted by Gasteiger charge is 2.03. The van der Waals surface area contributed by atoms with E-state index in [9.17, 15) is 9.59 Å². The molecule has 0 bridgehead atoms. The zero-order valence-electron chi connectivity index (χ0n) is 18.2. The number of carbonyl (C=O) groups excluding carboxylic acids is 1. The lowest BCUT2D eigenvalue weighted by Gasteiger charge is -2.05. The summed E-state index contributed by atoms with van der Waals surface area (Å²) in [5, 5.41) is 8.55. The van der Waals surface area contributed by atoms with Gasteiger partial charge < -0.3 is 9.84 Å². The number of carboxylic acids is 1. The third kappa shape index (κ3) is 23.3. The SMILES string of the molecule is CCCCCCCCCCCCCOC(=O)CCCCSCCCCC(=O)O. The first kappa shape index (κ1) is 27.3. The van der Waals surface area contributed by atoms with Gasteiger partial charge in [-0.3, -0.25) is 9.59 Å². The summed E-state index contributed by atoms with van der Waals surface area (Å²) in [5.41, 5.74) is 0. The molecule has 0 saturated heterocycles. The molecule has 1 N–H and O–H groups in total. The number of thioether (sulfide) groups is 1. The van der Waals surface area contributed by atoms with Gasteiger partial charge in [0.2, 0.25) is 0 Å². The number of hydrogen-bond acceptors (Lipinski definition) is 4. The maximum Gasteiger partial charge on any atom is 0.305 e.